The first-order valence-corrected chi connectivity index (χ1v) is 14.6. The largest absolute Gasteiger partial charge is 0.417 e. The van der Waals surface area contributed by atoms with Crippen LogP contribution >= 0.6 is 11.6 Å². The fourth-order valence-corrected chi connectivity index (χ4v) is 6.66. The van der Waals surface area contributed by atoms with Crippen molar-refractivity contribution in [2.45, 2.75) is 16.0 Å². The first kappa shape index (κ1) is 28.8. The van der Waals surface area contributed by atoms with Crippen LogP contribution in [0.3, 0.4) is 0 Å². The van der Waals surface area contributed by atoms with Crippen LogP contribution < -0.4 is 10.0 Å². The maximum atomic E-state index is 13.4. The minimum atomic E-state index is -4.94. The Bertz CT molecular complexity index is 1590. The molecule has 208 valence electrons. The molecule has 4 rings (SSSR count). The number of halogens is 4. The third-order valence-electron chi connectivity index (χ3n) is 5.67. The van der Waals surface area contributed by atoms with E-state index in [1.165, 1.54) is 34.6 Å². The summed E-state index contributed by atoms with van der Waals surface area (Å²) in [6, 6.07) is 12.5. The van der Waals surface area contributed by atoms with Gasteiger partial charge in [-0.15, -0.1) is 0 Å². The van der Waals surface area contributed by atoms with Crippen molar-refractivity contribution in [3.63, 3.8) is 0 Å². The molecule has 1 saturated heterocycles. The normalized spacial score (nSPS) is 15.1. The summed E-state index contributed by atoms with van der Waals surface area (Å²) in [5, 5.41) is 2.57. The number of rotatable bonds is 7. The highest BCUT2D eigenvalue weighted by Crippen LogP contribution is 2.35. The van der Waals surface area contributed by atoms with Gasteiger partial charge in [0.25, 0.3) is 15.9 Å². The summed E-state index contributed by atoms with van der Waals surface area (Å²) < 4.78 is 100. The van der Waals surface area contributed by atoms with Crippen molar-refractivity contribution in [2.24, 2.45) is 0 Å². The summed E-state index contributed by atoms with van der Waals surface area (Å²) in [4.78, 5) is 12.0. The molecule has 3 aromatic rings. The number of carbonyl (C=O) groups is 1. The lowest BCUT2D eigenvalue weighted by Crippen LogP contribution is -2.40. The van der Waals surface area contributed by atoms with Crippen molar-refractivity contribution in [1.82, 2.24) is 4.31 Å². The third kappa shape index (κ3) is 6.53. The summed E-state index contributed by atoms with van der Waals surface area (Å²) in [5.41, 5.74) is -1.79. The maximum absolute atomic E-state index is 13.4. The molecule has 0 aliphatic carbocycles. The predicted octanol–water partition coefficient (Wildman–Crippen LogP) is 4.43. The van der Waals surface area contributed by atoms with Crippen LogP contribution in [0.15, 0.2) is 76.5 Å². The van der Waals surface area contributed by atoms with E-state index >= 15 is 0 Å². The zero-order valence-corrected chi connectivity index (χ0v) is 22.3. The van der Waals surface area contributed by atoms with E-state index in [1.54, 1.807) is 0 Å². The lowest BCUT2D eigenvalue weighted by atomic mass is 10.1. The molecule has 0 radical (unpaired) electrons. The second kappa shape index (κ2) is 11.1. The van der Waals surface area contributed by atoms with Gasteiger partial charge in [-0.3, -0.25) is 9.52 Å². The van der Waals surface area contributed by atoms with Crippen LogP contribution in [-0.4, -0.2) is 53.4 Å². The Labute approximate surface area is 227 Å². The third-order valence-corrected chi connectivity index (χ3v) is 9.24. The molecule has 0 aromatic heterocycles. The van der Waals surface area contributed by atoms with Crippen LogP contribution in [0, 0.1) is 0 Å². The zero-order chi connectivity index (χ0) is 28.4. The Balaban J connectivity index is 1.58. The van der Waals surface area contributed by atoms with E-state index in [4.69, 9.17) is 16.3 Å². The molecule has 39 heavy (non-hydrogen) atoms. The van der Waals surface area contributed by atoms with Gasteiger partial charge < -0.3 is 10.1 Å². The van der Waals surface area contributed by atoms with Crippen LogP contribution in [-0.2, 0) is 31.0 Å². The minimum Gasteiger partial charge on any atom is -0.379 e. The van der Waals surface area contributed by atoms with E-state index in [1.807, 2.05) is 4.72 Å². The smallest absolute Gasteiger partial charge is 0.379 e. The van der Waals surface area contributed by atoms with E-state index < -0.39 is 42.6 Å². The summed E-state index contributed by atoms with van der Waals surface area (Å²) >= 11 is 6.00. The summed E-state index contributed by atoms with van der Waals surface area (Å²) in [5.74, 6) is -0.844. The molecule has 1 heterocycles. The standard InChI is InChI=1S/C24H21ClF3N3O6S2/c25-16-5-10-21(30-38(33,34)22-4-2-1-3-20(22)24(26,27)28)19(15-16)23(32)29-17-6-8-18(9-7-17)39(35,36)31-11-13-37-14-12-31/h1-10,15,30H,11-14H2,(H,29,32). The fraction of sp³-hybridized carbons (Fsp3) is 0.208. The van der Waals surface area contributed by atoms with Crippen molar-refractivity contribution in [3.8, 4) is 0 Å². The van der Waals surface area contributed by atoms with Crippen LogP contribution in [0.2, 0.25) is 5.02 Å². The van der Waals surface area contributed by atoms with Crippen molar-refractivity contribution in [1.29, 1.82) is 0 Å². The Morgan fingerprint density at radius 2 is 1.56 bits per heavy atom. The van der Waals surface area contributed by atoms with Gasteiger partial charge in [0.05, 0.1) is 39.8 Å². The second-order valence-corrected chi connectivity index (χ2v) is 12.3. The predicted molar refractivity (Wildman–Crippen MR) is 138 cm³/mol. The molecule has 1 amide bonds. The Morgan fingerprint density at radius 3 is 2.21 bits per heavy atom. The quantitative estimate of drug-likeness (QED) is 0.412. The Hall–Kier alpha value is -3.17. The number of nitrogens with one attached hydrogen (secondary N) is 2. The molecule has 1 aliphatic rings. The summed E-state index contributed by atoms with van der Waals surface area (Å²) in [6.07, 6.45) is -4.94. The Morgan fingerprint density at radius 1 is 0.923 bits per heavy atom. The highest BCUT2D eigenvalue weighted by molar-refractivity contribution is 7.92. The molecule has 0 bridgehead atoms. The summed E-state index contributed by atoms with van der Waals surface area (Å²) in [7, 11) is -8.54. The van der Waals surface area contributed by atoms with Gasteiger partial charge in [-0.2, -0.15) is 17.5 Å². The van der Waals surface area contributed by atoms with E-state index in [0.717, 1.165) is 30.3 Å². The number of nitrogens with zero attached hydrogens (tertiary/aromatic N) is 1. The topological polar surface area (TPSA) is 122 Å². The van der Waals surface area contributed by atoms with Gasteiger partial charge in [-0.05, 0) is 54.6 Å². The van der Waals surface area contributed by atoms with Crippen molar-refractivity contribution in [3.05, 3.63) is 82.9 Å². The molecular formula is C24H21ClF3N3O6S2. The fourth-order valence-electron chi connectivity index (χ4n) is 3.77. The number of alkyl halides is 3. The number of anilines is 2. The molecule has 9 nitrogen and oxygen atoms in total. The van der Waals surface area contributed by atoms with Crippen LogP contribution in [0.25, 0.3) is 0 Å². The minimum absolute atomic E-state index is 0.00179. The molecule has 0 spiro atoms. The number of morpholine rings is 1. The number of hydrogen-bond acceptors (Lipinski definition) is 6. The number of sulfonamides is 2. The van der Waals surface area contributed by atoms with Gasteiger partial charge in [-0.25, -0.2) is 16.8 Å². The number of amides is 1. The molecule has 1 fully saturated rings. The molecular weight excluding hydrogens is 583 g/mol. The highest BCUT2D eigenvalue weighted by Gasteiger charge is 2.37. The average Bonchev–Trinajstić information content (AvgIpc) is 2.90. The van der Waals surface area contributed by atoms with E-state index in [9.17, 15) is 34.8 Å². The molecule has 3 aromatic carbocycles. The zero-order valence-electron chi connectivity index (χ0n) is 19.9. The Kier molecular flexibility index (Phi) is 8.23. The second-order valence-electron chi connectivity index (χ2n) is 8.28. The van der Waals surface area contributed by atoms with Gasteiger partial charge in [0.1, 0.15) is 0 Å². The monoisotopic (exact) mass is 603 g/mol. The lowest BCUT2D eigenvalue weighted by molar-refractivity contribution is -0.139. The SMILES string of the molecule is O=C(Nc1ccc(S(=O)(=O)N2CCOCC2)cc1)c1cc(Cl)ccc1NS(=O)(=O)c1ccccc1C(F)(F)F. The number of hydrogen-bond donors (Lipinski definition) is 2. The van der Waals surface area contributed by atoms with Gasteiger partial charge in [0.15, 0.2) is 0 Å². The number of ether oxygens (including phenoxy) is 1. The van der Waals surface area contributed by atoms with E-state index in [0.29, 0.717) is 6.07 Å². The first-order chi connectivity index (χ1) is 18.3. The van der Waals surface area contributed by atoms with Gasteiger partial charge in [-0.1, -0.05) is 23.7 Å². The summed E-state index contributed by atoms with van der Waals surface area (Å²) in [6.45, 7) is 0.977. The first-order valence-electron chi connectivity index (χ1n) is 11.3. The molecule has 0 saturated carbocycles. The van der Waals surface area contributed by atoms with Crippen molar-refractivity contribution >= 4 is 48.9 Å². The van der Waals surface area contributed by atoms with Gasteiger partial charge >= 0.3 is 6.18 Å². The lowest BCUT2D eigenvalue weighted by Gasteiger charge is -2.26. The molecule has 2 N–H and O–H groups in total. The number of benzene rings is 3. The highest BCUT2D eigenvalue weighted by atomic mass is 35.5. The van der Waals surface area contributed by atoms with Gasteiger partial charge in [0.2, 0.25) is 10.0 Å². The van der Waals surface area contributed by atoms with Gasteiger partial charge in [0, 0.05) is 23.8 Å². The molecule has 1 aliphatic heterocycles. The van der Waals surface area contributed by atoms with Crippen molar-refractivity contribution in [2.75, 3.05) is 36.3 Å². The van der Waals surface area contributed by atoms with Crippen LogP contribution in [0.1, 0.15) is 15.9 Å². The number of carbonyl (C=O) groups excluding carboxylic acids is 1. The molecule has 0 unspecified atom stereocenters. The van der Waals surface area contributed by atoms with Crippen LogP contribution in [0.5, 0.6) is 0 Å². The molecule has 15 heteroatoms. The average molecular weight is 604 g/mol. The van der Waals surface area contributed by atoms with E-state index in [-0.39, 0.29) is 53.2 Å². The maximum Gasteiger partial charge on any atom is 0.417 e. The van der Waals surface area contributed by atoms with E-state index in [2.05, 4.69) is 5.32 Å². The van der Waals surface area contributed by atoms with Crippen LogP contribution in [0.4, 0.5) is 24.5 Å². The van der Waals surface area contributed by atoms with Crippen molar-refractivity contribution < 1.29 is 39.5 Å². The molecule has 0 atom stereocenters.